The third-order valence-corrected chi connectivity index (χ3v) is 3.14. The highest BCUT2D eigenvalue weighted by atomic mass is 16.2. The summed E-state index contributed by atoms with van der Waals surface area (Å²) in [5, 5.41) is 12.3. The zero-order chi connectivity index (χ0) is 13.5. The normalized spacial score (nSPS) is 10.6. The number of rotatable bonds is 7. The van der Waals surface area contributed by atoms with E-state index in [-0.39, 0.29) is 6.61 Å². The molecule has 2 aromatic rings. The quantitative estimate of drug-likeness (QED) is 0.801. The Hall–Kier alpha value is -1.74. The first-order chi connectivity index (χ1) is 9.31. The van der Waals surface area contributed by atoms with Crippen LogP contribution >= 0.6 is 0 Å². The van der Waals surface area contributed by atoms with Crippen LogP contribution in [0.4, 0.5) is 5.69 Å². The monoisotopic (exact) mass is 258 g/mol. The molecular formula is C16H22N2O. The Labute approximate surface area is 114 Å². The summed E-state index contributed by atoms with van der Waals surface area (Å²) in [7, 11) is 0. The fourth-order valence-corrected chi connectivity index (χ4v) is 2.11. The minimum Gasteiger partial charge on any atom is -0.396 e. The van der Waals surface area contributed by atoms with Crippen molar-refractivity contribution in [2.24, 2.45) is 0 Å². The van der Waals surface area contributed by atoms with Gasteiger partial charge in [-0.3, -0.25) is 0 Å². The van der Waals surface area contributed by atoms with Crippen LogP contribution in [0.3, 0.4) is 0 Å². The summed E-state index contributed by atoms with van der Waals surface area (Å²) < 4.78 is 2.22. The molecule has 0 aliphatic carbocycles. The fraction of sp³-hybridized carbons (Fsp3) is 0.375. The van der Waals surface area contributed by atoms with Crippen LogP contribution < -0.4 is 5.32 Å². The molecule has 1 aromatic carbocycles. The average Bonchev–Trinajstić information content (AvgIpc) is 2.87. The van der Waals surface area contributed by atoms with E-state index in [4.69, 9.17) is 5.11 Å². The van der Waals surface area contributed by atoms with Crippen molar-refractivity contribution in [1.29, 1.82) is 0 Å². The van der Waals surface area contributed by atoms with Crippen molar-refractivity contribution < 1.29 is 5.11 Å². The lowest BCUT2D eigenvalue weighted by Crippen LogP contribution is -1.99. The lowest BCUT2D eigenvalue weighted by molar-refractivity contribution is 0.299. The molecule has 0 atom stereocenters. The third-order valence-electron chi connectivity index (χ3n) is 3.14. The maximum absolute atomic E-state index is 8.87. The summed E-state index contributed by atoms with van der Waals surface area (Å²) in [6, 6.07) is 10.4. The van der Waals surface area contributed by atoms with E-state index in [1.165, 1.54) is 11.1 Å². The molecule has 3 nitrogen and oxygen atoms in total. The maximum Gasteiger partial charge on any atom is 0.0471 e. The van der Waals surface area contributed by atoms with Gasteiger partial charge in [0.25, 0.3) is 0 Å². The van der Waals surface area contributed by atoms with Crippen LogP contribution in [-0.4, -0.2) is 16.3 Å². The van der Waals surface area contributed by atoms with Crippen molar-refractivity contribution in [3.05, 3.63) is 53.9 Å². The average molecular weight is 258 g/mol. The number of benzene rings is 1. The highest BCUT2D eigenvalue weighted by Gasteiger charge is 1.98. The number of aliphatic hydroxyl groups is 1. The molecule has 0 fully saturated rings. The molecule has 0 unspecified atom stereocenters. The second-order valence-corrected chi connectivity index (χ2v) is 4.78. The van der Waals surface area contributed by atoms with Gasteiger partial charge in [-0.25, -0.2) is 0 Å². The summed E-state index contributed by atoms with van der Waals surface area (Å²) in [6.45, 7) is 4.31. The summed E-state index contributed by atoms with van der Waals surface area (Å²) in [6.07, 6.45) is 6.20. The molecule has 1 heterocycles. The molecule has 1 aromatic heterocycles. The molecular weight excluding hydrogens is 236 g/mol. The first-order valence-corrected chi connectivity index (χ1v) is 6.90. The van der Waals surface area contributed by atoms with E-state index in [1.54, 1.807) is 0 Å². The SMILES string of the molecule is CCCn1ccc(CNc2ccc(CCO)cc2)c1. The maximum atomic E-state index is 8.87. The molecule has 2 N–H and O–H groups in total. The summed E-state index contributed by atoms with van der Waals surface area (Å²) in [5.74, 6) is 0. The van der Waals surface area contributed by atoms with Crippen molar-refractivity contribution in [1.82, 2.24) is 4.57 Å². The Morgan fingerprint density at radius 2 is 1.89 bits per heavy atom. The topological polar surface area (TPSA) is 37.2 Å². The van der Waals surface area contributed by atoms with E-state index in [1.807, 2.05) is 0 Å². The molecule has 0 saturated carbocycles. The Morgan fingerprint density at radius 3 is 2.58 bits per heavy atom. The van der Waals surface area contributed by atoms with E-state index in [0.29, 0.717) is 0 Å². The molecule has 0 amide bonds. The van der Waals surface area contributed by atoms with Gasteiger partial charge in [-0.1, -0.05) is 19.1 Å². The number of nitrogens with one attached hydrogen (secondary N) is 1. The Kier molecular flexibility index (Phi) is 5.04. The van der Waals surface area contributed by atoms with E-state index in [0.717, 1.165) is 31.6 Å². The van der Waals surface area contributed by atoms with Gasteiger partial charge in [0.1, 0.15) is 0 Å². The number of aromatic nitrogens is 1. The molecule has 0 radical (unpaired) electrons. The molecule has 0 spiro atoms. The standard InChI is InChI=1S/C16H22N2O/c1-2-9-18-10-7-15(13-18)12-17-16-5-3-14(4-6-16)8-11-19/h3-7,10,13,17,19H,2,8-9,11-12H2,1H3. The first kappa shape index (κ1) is 13.7. The number of hydrogen-bond donors (Lipinski definition) is 2. The molecule has 0 bridgehead atoms. The Balaban J connectivity index is 1.86. The van der Waals surface area contributed by atoms with Gasteiger partial charge in [-0.05, 0) is 42.2 Å². The predicted octanol–water partition coefficient (Wildman–Crippen LogP) is 3.05. The minimum atomic E-state index is 0.206. The summed E-state index contributed by atoms with van der Waals surface area (Å²) in [5.41, 5.74) is 3.58. The second kappa shape index (κ2) is 7.00. The van der Waals surface area contributed by atoms with E-state index < -0.39 is 0 Å². The second-order valence-electron chi connectivity index (χ2n) is 4.78. The molecule has 2 rings (SSSR count). The van der Waals surface area contributed by atoms with Crippen LogP contribution in [0.1, 0.15) is 24.5 Å². The van der Waals surface area contributed by atoms with E-state index >= 15 is 0 Å². The molecule has 0 aliphatic heterocycles. The van der Waals surface area contributed by atoms with Crippen LogP contribution in [0.5, 0.6) is 0 Å². The largest absolute Gasteiger partial charge is 0.396 e. The van der Waals surface area contributed by atoms with Crippen molar-refractivity contribution in [3.8, 4) is 0 Å². The molecule has 19 heavy (non-hydrogen) atoms. The van der Waals surface area contributed by atoms with Gasteiger partial charge in [0.15, 0.2) is 0 Å². The van der Waals surface area contributed by atoms with Gasteiger partial charge in [-0.2, -0.15) is 0 Å². The number of nitrogens with zero attached hydrogens (tertiary/aromatic N) is 1. The van der Waals surface area contributed by atoms with Gasteiger partial charge in [0.2, 0.25) is 0 Å². The number of aryl methyl sites for hydroxylation is 1. The predicted molar refractivity (Wildman–Crippen MR) is 79.3 cm³/mol. The lowest BCUT2D eigenvalue weighted by Gasteiger charge is -2.06. The first-order valence-electron chi connectivity index (χ1n) is 6.90. The van der Waals surface area contributed by atoms with Gasteiger partial charge in [0.05, 0.1) is 0 Å². The van der Waals surface area contributed by atoms with Gasteiger partial charge < -0.3 is 15.0 Å². The Bertz CT molecular complexity index is 488. The van der Waals surface area contributed by atoms with Crippen LogP contribution in [0, 0.1) is 0 Å². The number of aliphatic hydroxyl groups excluding tert-OH is 1. The number of anilines is 1. The summed E-state index contributed by atoms with van der Waals surface area (Å²) >= 11 is 0. The highest BCUT2D eigenvalue weighted by molar-refractivity contribution is 5.45. The van der Waals surface area contributed by atoms with E-state index in [2.05, 4.69) is 59.5 Å². The smallest absolute Gasteiger partial charge is 0.0471 e. The molecule has 3 heteroatoms. The summed E-state index contributed by atoms with van der Waals surface area (Å²) in [4.78, 5) is 0. The highest BCUT2D eigenvalue weighted by Crippen LogP contribution is 2.12. The van der Waals surface area contributed by atoms with Crippen molar-refractivity contribution in [2.45, 2.75) is 32.9 Å². The van der Waals surface area contributed by atoms with Crippen molar-refractivity contribution in [3.63, 3.8) is 0 Å². The van der Waals surface area contributed by atoms with Crippen molar-refractivity contribution in [2.75, 3.05) is 11.9 Å². The van der Waals surface area contributed by atoms with Crippen LogP contribution in [-0.2, 0) is 19.5 Å². The Morgan fingerprint density at radius 1 is 1.11 bits per heavy atom. The van der Waals surface area contributed by atoms with Gasteiger partial charge in [0, 0.05) is 37.8 Å². The number of hydrogen-bond acceptors (Lipinski definition) is 2. The zero-order valence-corrected chi connectivity index (χ0v) is 11.5. The minimum absolute atomic E-state index is 0.206. The van der Waals surface area contributed by atoms with Gasteiger partial charge in [-0.15, -0.1) is 0 Å². The van der Waals surface area contributed by atoms with Crippen LogP contribution in [0.25, 0.3) is 0 Å². The lowest BCUT2D eigenvalue weighted by atomic mass is 10.1. The third kappa shape index (κ3) is 4.14. The fourth-order valence-electron chi connectivity index (χ4n) is 2.11. The molecule has 102 valence electrons. The van der Waals surface area contributed by atoms with E-state index in [9.17, 15) is 0 Å². The van der Waals surface area contributed by atoms with Crippen LogP contribution in [0.15, 0.2) is 42.7 Å². The van der Waals surface area contributed by atoms with Gasteiger partial charge >= 0.3 is 0 Å². The van der Waals surface area contributed by atoms with Crippen LogP contribution in [0.2, 0.25) is 0 Å². The van der Waals surface area contributed by atoms with Crippen molar-refractivity contribution >= 4 is 5.69 Å². The zero-order valence-electron chi connectivity index (χ0n) is 11.5. The molecule has 0 aliphatic rings. The molecule has 0 saturated heterocycles.